The second-order valence-electron chi connectivity index (χ2n) is 8.19. The predicted octanol–water partition coefficient (Wildman–Crippen LogP) is 5.33. The fourth-order valence-corrected chi connectivity index (χ4v) is 4.81. The minimum atomic E-state index is -0.615. The van der Waals surface area contributed by atoms with E-state index in [0.29, 0.717) is 11.1 Å². The number of benzene rings is 2. The predicted molar refractivity (Wildman–Crippen MR) is 144 cm³/mol. The number of anilines is 1. The molecule has 2 aromatic carbocycles. The van der Waals surface area contributed by atoms with Crippen LogP contribution in [0.4, 0.5) is 5.69 Å². The van der Waals surface area contributed by atoms with E-state index in [1.807, 2.05) is 37.5 Å². The van der Waals surface area contributed by atoms with Crippen LogP contribution in [0.1, 0.15) is 32.9 Å². The molecule has 0 saturated carbocycles. The molecule has 7 nitrogen and oxygen atoms in total. The highest BCUT2D eigenvalue weighted by molar-refractivity contribution is 7.80. The van der Waals surface area contributed by atoms with E-state index in [9.17, 15) is 14.4 Å². The van der Waals surface area contributed by atoms with Gasteiger partial charge in [0, 0.05) is 17.1 Å². The van der Waals surface area contributed by atoms with Crippen LogP contribution in [0.2, 0.25) is 10.0 Å². The molecule has 36 heavy (non-hydrogen) atoms. The molecule has 10 heteroatoms. The number of nitrogens with one attached hydrogen (secondary N) is 1. The lowest BCUT2D eigenvalue weighted by atomic mass is 10.1. The summed E-state index contributed by atoms with van der Waals surface area (Å²) in [5, 5.41) is 2.87. The SMILES string of the molecule is COC(=O)c1ccc(-n2c(C)cc(/C=C3\C(=O)NC(=S)N(c4cccc(Cl)c4Cl)C3=O)c2C)c(C)c1. The van der Waals surface area contributed by atoms with Crippen molar-refractivity contribution in [2.75, 3.05) is 12.0 Å². The molecule has 1 fully saturated rings. The van der Waals surface area contributed by atoms with Crippen LogP contribution in [0, 0.1) is 20.8 Å². The van der Waals surface area contributed by atoms with Crippen LogP contribution >= 0.6 is 35.4 Å². The van der Waals surface area contributed by atoms with E-state index in [1.54, 1.807) is 30.3 Å². The van der Waals surface area contributed by atoms with E-state index in [1.165, 1.54) is 13.2 Å². The number of aromatic nitrogens is 1. The van der Waals surface area contributed by atoms with Crippen LogP contribution in [-0.4, -0.2) is 34.6 Å². The molecule has 2 amide bonds. The van der Waals surface area contributed by atoms with Crippen molar-refractivity contribution in [1.29, 1.82) is 0 Å². The molecule has 0 bridgehead atoms. The van der Waals surface area contributed by atoms with Crippen LogP contribution in [0.5, 0.6) is 0 Å². The second-order valence-corrected chi connectivity index (χ2v) is 9.36. The van der Waals surface area contributed by atoms with Gasteiger partial charge in [-0.2, -0.15) is 0 Å². The third-order valence-electron chi connectivity index (χ3n) is 5.90. The Labute approximate surface area is 223 Å². The van der Waals surface area contributed by atoms with E-state index < -0.39 is 17.8 Å². The molecule has 1 aliphatic rings. The average molecular weight is 542 g/mol. The summed E-state index contributed by atoms with van der Waals surface area (Å²) >= 11 is 17.7. The summed E-state index contributed by atoms with van der Waals surface area (Å²) in [6, 6.07) is 12.0. The van der Waals surface area contributed by atoms with Crippen LogP contribution in [0.15, 0.2) is 48.0 Å². The summed E-state index contributed by atoms with van der Waals surface area (Å²) in [5.74, 6) is -1.64. The van der Waals surface area contributed by atoms with Crippen LogP contribution in [0.3, 0.4) is 0 Å². The number of amides is 2. The number of esters is 1. The van der Waals surface area contributed by atoms with Gasteiger partial charge in [0.25, 0.3) is 11.8 Å². The number of rotatable bonds is 4. The third-order valence-corrected chi connectivity index (χ3v) is 7.00. The van der Waals surface area contributed by atoms with E-state index in [-0.39, 0.29) is 26.4 Å². The van der Waals surface area contributed by atoms with Crippen molar-refractivity contribution >= 4 is 70.1 Å². The molecule has 0 atom stereocenters. The van der Waals surface area contributed by atoms with Crippen molar-refractivity contribution in [2.24, 2.45) is 0 Å². The number of carbonyl (C=O) groups excluding carboxylic acids is 3. The maximum Gasteiger partial charge on any atom is 0.337 e. The molecule has 0 unspecified atom stereocenters. The summed E-state index contributed by atoms with van der Waals surface area (Å²) in [4.78, 5) is 39.3. The molecular weight excluding hydrogens is 521 g/mol. The number of carbonyl (C=O) groups is 3. The Morgan fingerprint density at radius 3 is 2.44 bits per heavy atom. The summed E-state index contributed by atoms with van der Waals surface area (Å²) in [5.41, 5.74) is 4.69. The first-order valence-corrected chi connectivity index (χ1v) is 11.9. The number of hydrogen-bond acceptors (Lipinski definition) is 5. The molecule has 0 radical (unpaired) electrons. The number of halogens is 2. The van der Waals surface area contributed by atoms with E-state index in [4.69, 9.17) is 40.2 Å². The van der Waals surface area contributed by atoms with Crippen molar-refractivity contribution in [3.05, 3.63) is 86.2 Å². The van der Waals surface area contributed by atoms with Gasteiger partial charge in [0.15, 0.2) is 5.11 Å². The number of hydrogen-bond donors (Lipinski definition) is 1. The van der Waals surface area contributed by atoms with E-state index >= 15 is 0 Å². The Balaban J connectivity index is 1.77. The highest BCUT2D eigenvalue weighted by Crippen LogP contribution is 2.35. The van der Waals surface area contributed by atoms with Crippen LogP contribution in [-0.2, 0) is 14.3 Å². The van der Waals surface area contributed by atoms with Gasteiger partial charge < -0.3 is 9.30 Å². The first kappa shape index (κ1) is 25.6. The summed E-state index contributed by atoms with van der Waals surface area (Å²) in [6.07, 6.45) is 1.53. The zero-order valence-electron chi connectivity index (χ0n) is 19.8. The van der Waals surface area contributed by atoms with Gasteiger partial charge in [0.05, 0.1) is 28.4 Å². The van der Waals surface area contributed by atoms with E-state index in [0.717, 1.165) is 27.5 Å². The van der Waals surface area contributed by atoms with Gasteiger partial charge in [-0.05, 0) is 86.6 Å². The zero-order chi connectivity index (χ0) is 26.3. The van der Waals surface area contributed by atoms with Crippen molar-refractivity contribution < 1.29 is 19.1 Å². The molecule has 1 saturated heterocycles. The smallest absolute Gasteiger partial charge is 0.337 e. The minimum Gasteiger partial charge on any atom is -0.465 e. The van der Waals surface area contributed by atoms with Gasteiger partial charge in [0.2, 0.25) is 0 Å². The quantitative estimate of drug-likeness (QED) is 0.209. The number of aryl methyl sites for hydroxylation is 2. The van der Waals surface area contributed by atoms with Crippen molar-refractivity contribution in [3.8, 4) is 5.69 Å². The first-order chi connectivity index (χ1) is 17.0. The van der Waals surface area contributed by atoms with Crippen molar-refractivity contribution in [1.82, 2.24) is 9.88 Å². The topological polar surface area (TPSA) is 80.6 Å². The number of nitrogens with zero attached hydrogens (tertiary/aromatic N) is 2. The normalized spacial score (nSPS) is 14.9. The zero-order valence-corrected chi connectivity index (χ0v) is 22.1. The fourth-order valence-electron chi connectivity index (χ4n) is 4.15. The lowest BCUT2D eigenvalue weighted by molar-refractivity contribution is -0.122. The molecule has 4 rings (SSSR count). The molecule has 0 spiro atoms. The van der Waals surface area contributed by atoms with Gasteiger partial charge in [0.1, 0.15) is 5.57 Å². The lowest BCUT2D eigenvalue weighted by Gasteiger charge is -2.29. The largest absolute Gasteiger partial charge is 0.465 e. The first-order valence-electron chi connectivity index (χ1n) is 10.8. The van der Waals surface area contributed by atoms with Gasteiger partial charge in [-0.3, -0.25) is 19.8 Å². The molecule has 2 heterocycles. The molecule has 184 valence electrons. The highest BCUT2D eigenvalue weighted by atomic mass is 35.5. The molecule has 1 aromatic heterocycles. The average Bonchev–Trinajstić information content (AvgIpc) is 3.11. The van der Waals surface area contributed by atoms with Gasteiger partial charge in [-0.1, -0.05) is 29.3 Å². The molecule has 1 aliphatic heterocycles. The summed E-state index contributed by atoms with van der Waals surface area (Å²) in [7, 11) is 1.34. The molecule has 0 aliphatic carbocycles. The minimum absolute atomic E-state index is 0.0851. The maximum absolute atomic E-state index is 13.4. The Morgan fingerprint density at radius 2 is 1.78 bits per heavy atom. The maximum atomic E-state index is 13.4. The van der Waals surface area contributed by atoms with Crippen LogP contribution in [0.25, 0.3) is 11.8 Å². The number of ether oxygens (including phenoxy) is 1. The standard InChI is InChI=1S/C26H21Cl2N3O4S/c1-13-10-16(25(34)35-4)8-9-20(13)30-14(2)11-17(15(30)3)12-18-23(32)29-26(36)31(24(18)33)21-7-5-6-19(27)22(21)28/h5-12H,1-4H3,(H,29,32,36)/b18-12+. The summed E-state index contributed by atoms with van der Waals surface area (Å²) < 4.78 is 6.79. The van der Waals surface area contributed by atoms with Crippen molar-refractivity contribution in [2.45, 2.75) is 20.8 Å². The Hall–Kier alpha value is -3.46. The lowest BCUT2D eigenvalue weighted by Crippen LogP contribution is -2.54. The molecular formula is C26H21Cl2N3O4S. The second kappa shape index (κ2) is 9.89. The fraction of sp³-hybridized carbons (Fsp3) is 0.154. The van der Waals surface area contributed by atoms with Gasteiger partial charge in [-0.15, -0.1) is 0 Å². The van der Waals surface area contributed by atoms with Gasteiger partial charge >= 0.3 is 5.97 Å². The number of thiocarbonyl (C=S) groups is 1. The Morgan fingerprint density at radius 1 is 1.06 bits per heavy atom. The highest BCUT2D eigenvalue weighted by Gasteiger charge is 2.36. The summed E-state index contributed by atoms with van der Waals surface area (Å²) in [6.45, 7) is 5.69. The third kappa shape index (κ3) is 4.43. The molecule has 3 aromatic rings. The Bertz CT molecular complexity index is 1490. The monoisotopic (exact) mass is 541 g/mol. The van der Waals surface area contributed by atoms with E-state index in [2.05, 4.69) is 5.32 Å². The number of methoxy groups -OCH3 is 1. The van der Waals surface area contributed by atoms with Crippen LogP contribution < -0.4 is 10.2 Å². The Kier molecular flexibility index (Phi) is 7.04. The van der Waals surface area contributed by atoms with Crippen molar-refractivity contribution in [3.63, 3.8) is 0 Å². The molecule has 1 N–H and O–H groups in total. The van der Waals surface area contributed by atoms with Gasteiger partial charge in [-0.25, -0.2) is 4.79 Å².